The van der Waals surface area contributed by atoms with E-state index in [4.69, 9.17) is 0 Å². The molecule has 0 radical (unpaired) electrons. The van der Waals surface area contributed by atoms with Crippen molar-refractivity contribution in [2.75, 3.05) is 6.54 Å². The second-order valence-electron chi connectivity index (χ2n) is 4.64. The molecule has 0 atom stereocenters. The molecule has 2 heterocycles. The van der Waals surface area contributed by atoms with E-state index in [0.29, 0.717) is 0 Å². The summed E-state index contributed by atoms with van der Waals surface area (Å²) in [6.45, 7) is 2.20. The van der Waals surface area contributed by atoms with Crippen LogP contribution in [0.25, 0.3) is 0 Å². The lowest BCUT2D eigenvalue weighted by molar-refractivity contribution is 0.636. The van der Waals surface area contributed by atoms with Gasteiger partial charge in [-0.3, -0.25) is 0 Å². The highest BCUT2D eigenvalue weighted by atomic mass is 35.5. The van der Waals surface area contributed by atoms with E-state index in [-0.39, 0.29) is 12.4 Å². The summed E-state index contributed by atoms with van der Waals surface area (Å²) in [5, 5.41) is 3.42. The van der Waals surface area contributed by atoms with Gasteiger partial charge in [-0.05, 0) is 30.4 Å². The molecular weight excluding hydrogens is 208 g/mol. The van der Waals surface area contributed by atoms with E-state index in [1.807, 2.05) is 0 Å². The third kappa shape index (κ3) is 2.06. The third-order valence-corrected chi connectivity index (χ3v) is 3.67. The minimum atomic E-state index is 0. The Bertz CT molecular complexity index is 303. The molecule has 15 heavy (non-hydrogen) atoms. The number of fused-ring (bicyclic) bond motifs is 1. The van der Waals surface area contributed by atoms with Crippen molar-refractivity contribution in [1.82, 2.24) is 10.3 Å². The van der Waals surface area contributed by atoms with Gasteiger partial charge < -0.3 is 10.3 Å². The number of hydrogen-bond acceptors (Lipinski definition) is 1. The van der Waals surface area contributed by atoms with Crippen molar-refractivity contribution in [3.8, 4) is 0 Å². The molecule has 3 heteroatoms. The van der Waals surface area contributed by atoms with E-state index in [1.54, 1.807) is 0 Å². The topological polar surface area (TPSA) is 27.8 Å². The summed E-state index contributed by atoms with van der Waals surface area (Å²) < 4.78 is 0. The smallest absolute Gasteiger partial charge is 0.0223 e. The van der Waals surface area contributed by atoms with E-state index in [0.717, 1.165) is 19.0 Å². The fourth-order valence-electron chi connectivity index (χ4n) is 2.84. The highest BCUT2D eigenvalue weighted by molar-refractivity contribution is 5.85. The summed E-state index contributed by atoms with van der Waals surface area (Å²) in [6, 6.07) is 2.40. The lowest BCUT2D eigenvalue weighted by Gasteiger charge is -2.11. The molecule has 1 aromatic rings. The number of rotatable bonds is 1. The second kappa shape index (κ2) is 4.58. The zero-order chi connectivity index (χ0) is 9.38. The predicted octanol–water partition coefficient (Wildman–Crippen LogP) is 2.74. The minimum absolute atomic E-state index is 0. The summed E-state index contributed by atoms with van der Waals surface area (Å²) in [5.74, 6) is 0.834. The number of H-pyrrole nitrogens is 1. The number of hydrogen-bond donors (Lipinski definition) is 2. The largest absolute Gasteiger partial charge is 0.362 e. The highest BCUT2D eigenvalue weighted by Gasteiger charge is 2.21. The number of halogens is 1. The van der Waals surface area contributed by atoms with Crippen LogP contribution in [0, 0.1) is 0 Å². The number of nitrogens with one attached hydrogen (secondary N) is 2. The molecule has 2 nitrogen and oxygen atoms in total. The SMILES string of the molecule is Cl.c1c(C2CCCC2)[nH]c2c1CNCC2. The first-order valence-corrected chi connectivity index (χ1v) is 5.85. The van der Waals surface area contributed by atoms with Crippen molar-refractivity contribution in [3.05, 3.63) is 23.0 Å². The molecule has 2 aliphatic rings. The van der Waals surface area contributed by atoms with Gasteiger partial charge in [0.05, 0.1) is 0 Å². The minimum Gasteiger partial charge on any atom is -0.362 e. The molecule has 1 aliphatic carbocycles. The van der Waals surface area contributed by atoms with Crippen LogP contribution in [0.3, 0.4) is 0 Å². The lowest BCUT2D eigenvalue weighted by Crippen LogP contribution is -2.22. The van der Waals surface area contributed by atoms with Gasteiger partial charge in [0.1, 0.15) is 0 Å². The summed E-state index contributed by atoms with van der Waals surface area (Å²) >= 11 is 0. The molecule has 0 saturated heterocycles. The molecule has 0 amide bonds. The Balaban J connectivity index is 0.000000853. The Kier molecular flexibility index (Phi) is 3.37. The van der Waals surface area contributed by atoms with Crippen molar-refractivity contribution in [2.45, 2.75) is 44.6 Å². The number of aromatic nitrogens is 1. The molecule has 1 aliphatic heterocycles. The lowest BCUT2D eigenvalue weighted by atomic mass is 10.0. The van der Waals surface area contributed by atoms with Crippen molar-refractivity contribution >= 4 is 12.4 Å². The molecule has 1 saturated carbocycles. The first-order valence-electron chi connectivity index (χ1n) is 5.85. The Hall–Kier alpha value is -0.470. The quantitative estimate of drug-likeness (QED) is 0.757. The fourth-order valence-corrected chi connectivity index (χ4v) is 2.84. The van der Waals surface area contributed by atoms with Gasteiger partial charge in [0, 0.05) is 30.9 Å². The van der Waals surface area contributed by atoms with Crippen molar-refractivity contribution in [2.24, 2.45) is 0 Å². The van der Waals surface area contributed by atoms with Crippen LogP contribution in [0.2, 0.25) is 0 Å². The summed E-state index contributed by atoms with van der Waals surface area (Å²) in [7, 11) is 0. The van der Waals surface area contributed by atoms with Crippen LogP contribution in [0.4, 0.5) is 0 Å². The first kappa shape index (κ1) is 11.0. The van der Waals surface area contributed by atoms with E-state index >= 15 is 0 Å². The van der Waals surface area contributed by atoms with Gasteiger partial charge in [-0.25, -0.2) is 0 Å². The van der Waals surface area contributed by atoms with Crippen LogP contribution in [-0.4, -0.2) is 11.5 Å². The Labute approximate surface area is 97.3 Å². The summed E-state index contributed by atoms with van der Waals surface area (Å²) in [4.78, 5) is 3.64. The van der Waals surface area contributed by atoms with E-state index in [1.165, 1.54) is 49.1 Å². The van der Waals surface area contributed by atoms with Crippen molar-refractivity contribution in [1.29, 1.82) is 0 Å². The van der Waals surface area contributed by atoms with Gasteiger partial charge in [0.2, 0.25) is 0 Å². The van der Waals surface area contributed by atoms with Gasteiger partial charge >= 0.3 is 0 Å². The standard InChI is InChI=1S/C12H18N2.ClH/c1-2-4-9(3-1)12-7-10-8-13-6-5-11(10)14-12;/h7,9,13-14H,1-6,8H2;1H. The molecule has 84 valence electrons. The maximum atomic E-state index is 3.64. The maximum absolute atomic E-state index is 3.64. The van der Waals surface area contributed by atoms with Crippen LogP contribution >= 0.6 is 12.4 Å². The van der Waals surface area contributed by atoms with Crippen LogP contribution in [0.1, 0.15) is 48.6 Å². The van der Waals surface area contributed by atoms with Crippen LogP contribution < -0.4 is 5.32 Å². The first-order chi connectivity index (χ1) is 6.93. The molecule has 2 N–H and O–H groups in total. The monoisotopic (exact) mass is 226 g/mol. The normalized spacial score (nSPS) is 21.1. The van der Waals surface area contributed by atoms with E-state index in [9.17, 15) is 0 Å². The Morgan fingerprint density at radius 3 is 2.73 bits per heavy atom. The summed E-state index contributed by atoms with van der Waals surface area (Å²) in [5.41, 5.74) is 4.51. The van der Waals surface area contributed by atoms with Gasteiger partial charge in [0.25, 0.3) is 0 Å². The second-order valence-corrected chi connectivity index (χ2v) is 4.64. The predicted molar refractivity (Wildman–Crippen MR) is 64.7 cm³/mol. The molecule has 0 aromatic carbocycles. The molecular formula is C12H19ClN2. The van der Waals surface area contributed by atoms with Gasteiger partial charge in [-0.15, -0.1) is 12.4 Å². The van der Waals surface area contributed by atoms with Gasteiger partial charge in [0.15, 0.2) is 0 Å². The Morgan fingerprint density at radius 2 is 2.00 bits per heavy atom. The van der Waals surface area contributed by atoms with Crippen LogP contribution in [-0.2, 0) is 13.0 Å². The maximum Gasteiger partial charge on any atom is 0.0223 e. The molecule has 0 spiro atoms. The van der Waals surface area contributed by atoms with Crippen LogP contribution in [0.5, 0.6) is 0 Å². The van der Waals surface area contributed by atoms with E-state index in [2.05, 4.69) is 16.4 Å². The van der Waals surface area contributed by atoms with Crippen LogP contribution in [0.15, 0.2) is 6.07 Å². The van der Waals surface area contributed by atoms with Gasteiger partial charge in [-0.2, -0.15) is 0 Å². The zero-order valence-corrected chi connectivity index (χ0v) is 9.83. The van der Waals surface area contributed by atoms with E-state index < -0.39 is 0 Å². The average molecular weight is 227 g/mol. The van der Waals surface area contributed by atoms with Gasteiger partial charge in [-0.1, -0.05) is 12.8 Å². The third-order valence-electron chi connectivity index (χ3n) is 3.67. The zero-order valence-electron chi connectivity index (χ0n) is 9.01. The molecule has 1 fully saturated rings. The summed E-state index contributed by atoms with van der Waals surface area (Å²) in [6.07, 6.45) is 6.82. The molecule has 3 rings (SSSR count). The molecule has 1 aromatic heterocycles. The van der Waals surface area contributed by atoms with Crippen molar-refractivity contribution in [3.63, 3.8) is 0 Å². The van der Waals surface area contributed by atoms with Crippen molar-refractivity contribution < 1.29 is 0 Å². The molecule has 0 unspecified atom stereocenters. The Morgan fingerprint density at radius 1 is 1.20 bits per heavy atom. The average Bonchev–Trinajstić information content (AvgIpc) is 2.86. The highest BCUT2D eigenvalue weighted by Crippen LogP contribution is 2.34. The number of aromatic amines is 1. The molecule has 0 bridgehead atoms. The fraction of sp³-hybridized carbons (Fsp3) is 0.667.